The van der Waals surface area contributed by atoms with Crippen molar-refractivity contribution in [1.29, 1.82) is 0 Å². The van der Waals surface area contributed by atoms with Crippen LogP contribution in [0.3, 0.4) is 0 Å². The van der Waals surface area contributed by atoms with Crippen molar-refractivity contribution >= 4 is 5.91 Å². The van der Waals surface area contributed by atoms with Gasteiger partial charge in [0.15, 0.2) is 0 Å². The number of benzene rings is 1. The summed E-state index contributed by atoms with van der Waals surface area (Å²) >= 11 is 0. The fourth-order valence-corrected chi connectivity index (χ4v) is 2.91. The highest BCUT2D eigenvalue weighted by molar-refractivity contribution is 5.94. The second kappa shape index (κ2) is 4.94. The molecule has 1 aromatic rings. The van der Waals surface area contributed by atoms with Crippen molar-refractivity contribution in [1.82, 2.24) is 9.80 Å². The molecule has 1 aromatic carbocycles. The summed E-state index contributed by atoms with van der Waals surface area (Å²) in [5, 5.41) is 0. The number of likely N-dealkylation sites (N-methyl/N-ethyl adjacent to an activating group) is 1. The Labute approximate surface area is 113 Å². The molecule has 3 rings (SSSR count). The van der Waals surface area contributed by atoms with Gasteiger partial charge >= 0.3 is 0 Å². The molecule has 0 radical (unpaired) electrons. The van der Waals surface area contributed by atoms with E-state index in [-0.39, 0.29) is 11.9 Å². The van der Waals surface area contributed by atoms with Crippen molar-refractivity contribution in [2.24, 2.45) is 0 Å². The molecule has 1 fully saturated rings. The van der Waals surface area contributed by atoms with Gasteiger partial charge < -0.3 is 14.5 Å². The van der Waals surface area contributed by atoms with E-state index in [1.54, 1.807) is 0 Å². The number of fused-ring (bicyclic) bond motifs is 1. The Morgan fingerprint density at radius 1 is 1.26 bits per heavy atom. The molecule has 0 bridgehead atoms. The summed E-state index contributed by atoms with van der Waals surface area (Å²) in [6.07, 6.45) is 0. The van der Waals surface area contributed by atoms with Crippen LogP contribution in [0.15, 0.2) is 18.2 Å². The molecule has 19 heavy (non-hydrogen) atoms. The molecule has 102 valence electrons. The lowest BCUT2D eigenvalue weighted by atomic mass is 10.0. The van der Waals surface area contributed by atoms with E-state index in [1.165, 1.54) is 5.56 Å². The molecular formula is C15H20N2O2. The van der Waals surface area contributed by atoms with E-state index in [4.69, 9.17) is 4.74 Å². The van der Waals surface area contributed by atoms with Crippen LogP contribution < -0.4 is 0 Å². The van der Waals surface area contributed by atoms with Crippen LogP contribution in [0, 0.1) is 0 Å². The molecule has 1 atom stereocenters. The topological polar surface area (TPSA) is 32.8 Å². The minimum atomic E-state index is 0.148. The van der Waals surface area contributed by atoms with Gasteiger partial charge in [0, 0.05) is 31.2 Å². The summed E-state index contributed by atoms with van der Waals surface area (Å²) < 4.78 is 5.40. The summed E-state index contributed by atoms with van der Waals surface area (Å²) in [7, 11) is 2.10. The molecule has 0 N–H and O–H groups in total. The van der Waals surface area contributed by atoms with Crippen LogP contribution in [-0.4, -0.2) is 48.4 Å². The summed E-state index contributed by atoms with van der Waals surface area (Å²) in [5.74, 6) is 0.148. The van der Waals surface area contributed by atoms with Crippen LogP contribution in [0.2, 0.25) is 0 Å². The van der Waals surface area contributed by atoms with Gasteiger partial charge in [-0.15, -0.1) is 0 Å². The highest BCUT2D eigenvalue weighted by Gasteiger charge is 2.27. The lowest BCUT2D eigenvalue weighted by Crippen LogP contribution is -2.52. The predicted octanol–water partition coefficient (Wildman–Crippen LogP) is 1.49. The first-order valence-electron chi connectivity index (χ1n) is 6.84. The Hall–Kier alpha value is -1.39. The number of hydrogen-bond donors (Lipinski definition) is 0. The molecular weight excluding hydrogens is 240 g/mol. The van der Waals surface area contributed by atoms with Gasteiger partial charge in [-0.25, -0.2) is 0 Å². The Morgan fingerprint density at radius 2 is 2.05 bits per heavy atom. The highest BCUT2D eigenvalue weighted by Crippen LogP contribution is 2.22. The second-order valence-corrected chi connectivity index (χ2v) is 5.59. The Morgan fingerprint density at radius 3 is 2.84 bits per heavy atom. The monoisotopic (exact) mass is 260 g/mol. The molecule has 1 amide bonds. The van der Waals surface area contributed by atoms with Gasteiger partial charge in [-0.3, -0.25) is 4.79 Å². The van der Waals surface area contributed by atoms with Crippen LogP contribution in [-0.2, 0) is 18.0 Å². The maximum atomic E-state index is 12.6. The summed E-state index contributed by atoms with van der Waals surface area (Å²) in [6.45, 7) is 6.13. The molecule has 2 heterocycles. The van der Waals surface area contributed by atoms with Gasteiger partial charge in [0.1, 0.15) is 0 Å². The zero-order valence-electron chi connectivity index (χ0n) is 11.6. The maximum absolute atomic E-state index is 12.6. The van der Waals surface area contributed by atoms with E-state index in [0.29, 0.717) is 13.2 Å². The van der Waals surface area contributed by atoms with E-state index in [9.17, 15) is 4.79 Å². The zero-order chi connectivity index (χ0) is 13.4. The van der Waals surface area contributed by atoms with Crippen molar-refractivity contribution in [3.05, 3.63) is 34.9 Å². The molecule has 2 aliphatic heterocycles. The number of carbonyl (C=O) groups is 1. The normalized spacial score (nSPS) is 23.5. The standard InChI is InChI=1S/C15H20N2O2/c1-11-8-16(2)5-6-17(11)15(18)12-3-4-13-9-19-10-14(13)7-12/h3-4,7,11H,5-6,8-10H2,1-2H3. The van der Waals surface area contributed by atoms with E-state index in [0.717, 1.165) is 30.8 Å². The summed E-state index contributed by atoms with van der Waals surface area (Å²) in [5.41, 5.74) is 3.16. The molecule has 0 aliphatic carbocycles. The molecule has 1 unspecified atom stereocenters. The lowest BCUT2D eigenvalue weighted by molar-refractivity contribution is 0.0533. The van der Waals surface area contributed by atoms with Crippen LogP contribution in [0.1, 0.15) is 28.4 Å². The van der Waals surface area contributed by atoms with Crippen molar-refractivity contribution in [3.8, 4) is 0 Å². The van der Waals surface area contributed by atoms with Gasteiger partial charge in [0.25, 0.3) is 5.91 Å². The van der Waals surface area contributed by atoms with Crippen LogP contribution >= 0.6 is 0 Å². The van der Waals surface area contributed by atoms with E-state index in [2.05, 4.69) is 18.9 Å². The van der Waals surface area contributed by atoms with Crippen LogP contribution in [0.25, 0.3) is 0 Å². The van der Waals surface area contributed by atoms with E-state index >= 15 is 0 Å². The zero-order valence-corrected chi connectivity index (χ0v) is 11.6. The minimum absolute atomic E-state index is 0.148. The Kier molecular flexibility index (Phi) is 3.29. The second-order valence-electron chi connectivity index (χ2n) is 5.59. The molecule has 2 aliphatic rings. The molecule has 4 nitrogen and oxygen atoms in total. The molecule has 4 heteroatoms. The smallest absolute Gasteiger partial charge is 0.254 e. The average molecular weight is 260 g/mol. The number of hydrogen-bond acceptors (Lipinski definition) is 3. The minimum Gasteiger partial charge on any atom is -0.372 e. The quantitative estimate of drug-likeness (QED) is 0.767. The number of carbonyl (C=O) groups excluding carboxylic acids is 1. The van der Waals surface area contributed by atoms with Gasteiger partial charge in [0.2, 0.25) is 0 Å². The van der Waals surface area contributed by atoms with E-state index < -0.39 is 0 Å². The average Bonchev–Trinajstić information content (AvgIpc) is 2.85. The Balaban J connectivity index is 1.80. The number of ether oxygens (including phenoxy) is 1. The lowest BCUT2D eigenvalue weighted by Gasteiger charge is -2.38. The number of nitrogens with zero attached hydrogens (tertiary/aromatic N) is 2. The fourth-order valence-electron chi connectivity index (χ4n) is 2.91. The SMILES string of the molecule is CC1CN(C)CCN1C(=O)c1ccc2c(c1)COC2. The molecule has 1 saturated heterocycles. The maximum Gasteiger partial charge on any atom is 0.254 e. The van der Waals surface area contributed by atoms with Crippen molar-refractivity contribution in [2.75, 3.05) is 26.7 Å². The van der Waals surface area contributed by atoms with Crippen molar-refractivity contribution in [2.45, 2.75) is 26.2 Å². The first-order valence-corrected chi connectivity index (χ1v) is 6.84. The molecule has 0 saturated carbocycles. The third-order valence-corrected chi connectivity index (χ3v) is 4.06. The van der Waals surface area contributed by atoms with Gasteiger partial charge in [-0.1, -0.05) is 6.07 Å². The van der Waals surface area contributed by atoms with Gasteiger partial charge in [-0.2, -0.15) is 0 Å². The largest absolute Gasteiger partial charge is 0.372 e. The number of rotatable bonds is 1. The molecule has 0 spiro atoms. The van der Waals surface area contributed by atoms with Gasteiger partial charge in [0.05, 0.1) is 13.2 Å². The number of piperazine rings is 1. The third-order valence-electron chi connectivity index (χ3n) is 4.06. The summed E-state index contributed by atoms with van der Waals surface area (Å²) in [6, 6.07) is 6.23. The number of amides is 1. The first-order chi connectivity index (χ1) is 9.15. The fraction of sp³-hybridized carbons (Fsp3) is 0.533. The van der Waals surface area contributed by atoms with Crippen LogP contribution in [0.5, 0.6) is 0 Å². The Bertz CT molecular complexity index is 501. The summed E-state index contributed by atoms with van der Waals surface area (Å²) in [4.78, 5) is 16.8. The highest BCUT2D eigenvalue weighted by atomic mass is 16.5. The molecule has 0 aromatic heterocycles. The van der Waals surface area contributed by atoms with Gasteiger partial charge in [-0.05, 0) is 37.2 Å². The van der Waals surface area contributed by atoms with E-state index in [1.807, 2.05) is 23.1 Å². The predicted molar refractivity (Wildman–Crippen MR) is 72.9 cm³/mol. The first kappa shape index (κ1) is 12.6. The third kappa shape index (κ3) is 2.38. The van der Waals surface area contributed by atoms with Crippen LogP contribution in [0.4, 0.5) is 0 Å². The van der Waals surface area contributed by atoms with Crippen molar-refractivity contribution in [3.63, 3.8) is 0 Å². The van der Waals surface area contributed by atoms with Crippen molar-refractivity contribution < 1.29 is 9.53 Å².